The number of anilines is 2. The normalized spacial score (nSPS) is 12.2. The Balaban J connectivity index is 2.28. The van der Waals surface area contributed by atoms with E-state index >= 15 is 0 Å². The lowest BCUT2D eigenvalue weighted by Gasteiger charge is -2.18. The molecule has 0 fully saturated rings. The lowest BCUT2D eigenvalue weighted by molar-refractivity contribution is 0.850. The fourth-order valence-electron chi connectivity index (χ4n) is 2.37. The van der Waals surface area contributed by atoms with Crippen molar-refractivity contribution < 1.29 is 0 Å². The molecule has 2 aromatic heterocycles. The lowest BCUT2D eigenvalue weighted by atomic mass is 10.1. The fraction of sp³-hybridized carbons (Fsp3) is 0.500. The van der Waals surface area contributed by atoms with Crippen LogP contribution in [-0.2, 0) is 6.42 Å². The van der Waals surface area contributed by atoms with Crippen molar-refractivity contribution in [2.75, 3.05) is 10.7 Å². The van der Waals surface area contributed by atoms with Crippen molar-refractivity contribution in [2.45, 2.75) is 46.6 Å². The third-order valence-electron chi connectivity index (χ3n) is 3.27. The topological polar surface area (TPSA) is 88.8 Å². The number of nitrogen functional groups attached to an aromatic ring is 1. The van der Waals surface area contributed by atoms with Crippen molar-refractivity contribution in [3.05, 3.63) is 27.5 Å². The standard InChI is InChI=1S/C14H22N6S/c1-5-6-11-13(16-7-17-14(11)20-15)19-9(3)12-8(2)18-10(4)21-12/h7,9H,5-6,15H2,1-4H3,(H2,16,17,19,20). The molecule has 0 aromatic carbocycles. The molecule has 0 amide bonds. The first-order valence-corrected chi connectivity index (χ1v) is 7.89. The number of aryl methyl sites for hydroxylation is 2. The van der Waals surface area contributed by atoms with Crippen LogP contribution in [0.2, 0.25) is 0 Å². The van der Waals surface area contributed by atoms with Crippen LogP contribution in [0.3, 0.4) is 0 Å². The Labute approximate surface area is 129 Å². The molecule has 1 unspecified atom stereocenters. The Bertz CT molecular complexity index is 610. The minimum Gasteiger partial charge on any atom is -0.362 e. The van der Waals surface area contributed by atoms with Crippen molar-refractivity contribution in [2.24, 2.45) is 5.84 Å². The van der Waals surface area contributed by atoms with Crippen molar-refractivity contribution in [3.8, 4) is 0 Å². The van der Waals surface area contributed by atoms with Gasteiger partial charge in [-0.05, 0) is 27.2 Å². The van der Waals surface area contributed by atoms with Gasteiger partial charge < -0.3 is 10.7 Å². The maximum absolute atomic E-state index is 5.54. The first-order chi connectivity index (χ1) is 10.1. The van der Waals surface area contributed by atoms with Gasteiger partial charge in [-0.25, -0.2) is 20.8 Å². The zero-order valence-corrected chi connectivity index (χ0v) is 13.7. The number of hydrogen-bond acceptors (Lipinski definition) is 7. The molecule has 7 heteroatoms. The summed E-state index contributed by atoms with van der Waals surface area (Å²) in [5.41, 5.74) is 4.74. The van der Waals surface area contributed by atoms with Gasteiger partial charge in [0.2, 0.25) is 0 Å². The van der Waals surface area contributed by atoms with Gasteiger partial charge in [-0.2, -0.15) is 0 Å². The third-order valence-corrected chi connectivity index (χ3v) is 4.52. The first kappa shape index (κ1) is 15.7. The largest absolute Gasteiger partial charge is 0.362 e. The van der Waals surface area contributed by atoms with Crippen LogP contribution in [0.1, 0.15) is 47.5 Å². The van der Waals surface area contributed by atoms with Gasteiger partial charge in [0.05, 0.1) is 16.7 Å². The molecule has 0 spiro atoms. The summed E-state index contributed by atoms with van der Waals surface area (Å²) in [7, 11) is 0. The molecule has 0 saturated carbocycles. The maximum Gasteiger partial charge on any atom is 0.148 e. The molecular weight excluding hydrogens is 284 g/mol. The average molecular weight is 306 g/mol. The van der Waals surface area contributed by atoms with Gasteiger partial charge in [-0.15, -0.1) is 11.3 Å². The second kappa shape index (κ2) is 6.82. The molecule has 0 radical (unpaired) electrons. The fourth-order valence-corrected chi connectivity index (χ4v) is 3.30. The highest BCUT2D eigenvalue weighted by Crippen LogP contribution is 2.29. The predicted octanol–water partition coefficient (Wildman–Crippen LogP) is 2.96. The zero-order valence-electron chi connectivity index (χ0n) is 12.9. The number of rotatable bonds is 6. The van der Waals surface area contributed by atoms with Crippen molar-refractivity contribution in [1.29, 1.82) is 0 Å². The smallest absolute Gasteiger partial charge is 0.148 e. The molecule has 1 atom stereocenters. The molecule has 0 aliphatic heterocycles. The Morgan fingerprint density at radius 3 is 2.57 bits per heavy atom. The van der Waals surface area contributed by atoms with Crippen LogP contribution in [0.25, 0.3) is 0 Å². The summed E-state index contributed by atoms with van der Waals surface area (Å²) in [6.07, 6.45) is 3.40. The van der Waals surface area contributed by atoms with E-state index in [4.69, 9.17) is 5.84 Å². The monoisotopic (exact) mass is 306 g/mol. The highest BCUT2D eigenvalue weighted by Gasteiger charge is 2.16. The molecule has 0 bridgehead atoms. The second-order valence-electron chi connectivity index (χ2n) is 4.99. The number of aromatic nitrogens is 3. The number of nitrogens with zero attached hydrogens (tertiary/aromatic N) is 3. The van der Waals surface area contributed by atoms with E-state index in [1.54, 1.807) is 11.3 Å². The SMILES string of the molecule is CCCc1c(NN)ncnc1NC(C)c1sc(C)nc1C. The van der Waals surface area contributed by atoms with E-state index in [-0.39, 0.29) is 6.04 Å². The van der Waals surface area contributed by atoms with Crippen LogP contribution >= 0.6 is 11.3 Å². The summed E-state index contributed by atoms with van der Waals surface area (Å²) in [6.45, 7) is 8.30. The summed E-state index contributed by atoms with van der Waals surface area (Å²) < 4.78 is 0. The van der Waals surface area contributed by atoms with Crippen molar-refractivity contribution in [1.82, 2.24) is 15.0 Å². The van der Waals surface area contributed by atoms with Crippen LogP contribution < -0.4 is 16.6 Å². The molecule has 0 aliphatic carbocycles. The van der Waals surface area contributed by atoms with Crippen LogP contribution in [0.5, 0.6) is 0 Å². The Morgan fingerprint density at radius 2 is 2.00 bits per heavy atom. The van der Waals surface area contributed by atoms with Crippen LogP contribution in [0.4, 0.5) is 11.6 Å². The maximum atomic E-state index is 5.54. The number of nitrogens with two attached hydrogens (primary N) is 1. The van der Waals surface area contributed by atoms with Gasteiger partial charge in [0, 0.05) is 10.4 Å². The minimum absolute atomic E-state index is 0.146. The Kier molecular flexibility index (Phi) is 5.08. The van der Waals surface area contributed by atoms with E-state index in [1.165, 1.54) is 11.2 Å². The van der Waals surface area contributed by atoms with E-state index in [0.29, 0.717) is 5.82 Å². The highest BCUT2D eigenvalue weighted by molar-refractivity contribution is 7.11. The van der Waals surface area contributed by atoms with Gasteiger partial charge in [0.1, 0.15) is 18.0 Å². The second-order valence-corrected chi connectivity index (χ2v) is 6.23. The van der Waals surface area contributed by atoms with E-state index in [9.17, 15) is 0 Å². The highest BCUT2D eigenvalue weighted by atomic mass is 32.1. The molecule has 114 valence electrons. The molecule has 2 aromatic rings. The van der Waals surface area contributed by atoms with Crippen LogP contribution in [0.15, 0.2) is 6.33 Å². The Morgan fingerprint density at radius 1 is 1.29 bits per heavy atom. The molecule has 21 heavy (non-hydrogen) atoms. The molecule has 6 nitrogen and oxygen atoms in total. The number of hydrazine groups is 1. The van der Waals surface area contributed by atoms with Gasteiger partial charge in [-0.1, -0.05) is 13.3 Å². The predicted molar refractivity (Wildman–Crippen MR) is 87.5 cm³/mol. The van der Waals surface area contributed by atoms with E-state index in [1.807, 2.05) is 13.8 Å². The molecule has 0 aliphatic rings. The molecular formula is C14H22N6S. The first-order valence-electron chi connectivity index (χ1n) is 7.07. The number of hydrogen-bond donors (Lipinski definition) is 3. The molecule has 0 saturated heterocycles. The van der Waals surface area contributed by atoms with E-state index < -0.39 is 0 Å². The van der Waals surface area contributed by atoms with Crippen LogP contribution in [0, 0.1) is 13.8 Å². The summed E-state index contributed by atoms with van der Waals surface area (Å²) in [5.74, 6) is 7.05. The average Bonchev–Trinajstić information content (AvgIpc) is 2.80. The summed E-state index contributed by atoms with van der Waals surface area (Å²) in [6, 6.07) is 0.146. The van der Waals surface area contributed by atoms with Gasteiger partial charge in [0.15, 0.2) is 0 Å². The molecule has 2 rings (SSSR count). The van der Waals surface area contributed by atoms with E-state index in [0.717, 1.165) is 34.9 Å². The molecule has 4 N–H and O–H groups in total. The summed E-state index contributed by atoms with van der Waals surface area (Å²) >= 11 is 1.71. The summed E-state index contributed by atoms with van der Waals surface area (Å²) in [5, 5.41) is 4.54. The van der Waals surface area contributed by atoms with Crippen molar-refractivity contribution >= 4 is 23.0 Å². The summed E-state index contributed by atoms with van der Waals surface area (Å²) in [4.78, 5) is 14.3. The quantitative estimate of drug-likeness (QED) is 0.561. The zero-order chi connectivity index (χ0) is 15.4. The van der Waals surface area contributed by atoms with Crippen molar-refractivity contribution in [3.63, 3.8) is 0 Å². The van der Waals surface area contributed by atoms with Crippen LogP contribution in [-0.4, -0.2) is 15.0 Å². The minimum atomic E-state index is 0.146. The van der Waals surface area contributed by atoms with Gasteiger partial charge >= 0.3 is 0 Å². The number of nitrogens with one attached hydrogen (secondary N) is 2. The Hall–Kier alpha value is -1.73. The lowest BCUT2D eigenvalue weighted by Crippen LogP contribution is -2.15. The third kappa shape index (κ3) is 3.48. The molecule has 2 heterocycles. The van der Waals surface area contributed by atoms with E-state index in [2.05, 4.69) is 39.5 Å². The van der Waals surface area contributed by atoms with Gasteiger partial charge in [-0.3, -0.25) is 0 Å². The van der Waals surface area contributed by atoms with Gasteiger partial charge in [0.25, 0.3) is 0 Å². The number of thiazole rings is 1.